The van der Waals surface area contributed by atoms with E-state index in [1.54, 1.807) is 0 Å². The van der Waals surface area contributed by atoms with E-state index in [-0.39, 0.29) is 6.10 Å². The Morgan fingerprint density at radius 2 is 1.91 bits per heavy atom. The van der Waals surface area contributed by atoms with Gasteiger partial charge in [0.2, 0.25) is 0 Å². The molecule has 0 radical (unpaired) electrons. The van der Waals surface area contributed by atoms with Crippen LogP contribution in [0, 0.1) is 0 Å². The fraction of sp³-hybridized carbons (Fsp3) is 1.00. The second-order valence-electron chi connectivity index (χ2n) is 2.76. The Morgan fingerprint density at radius 3 is 2.36 bits per heavy atom. The van der Waals surface area contributed by atoms with Crippen molar-refractivity contribution in [2.24, 2.45) is 0 Å². The lowest BCUT2D eigenvalue weighted by Crippen LogP contribution is -2.19. The van der Waals surface area contributed by atoms with E-state index < -0.39 is 14.4 Å². The van der Waals surface area contributed by atoms with Crippen LogP contribution in [-0.4, -0.2) is 17.2 Å². The molecule has 1 N–H and O–H groups in total. The number of hydrogen-bond donors (Lipinski definition) is 1. The molecule has 3 nitrogen and oxygen atoms in total. The van der Waals surface area contributed by atoms with Crippen LogP contribution in [0.5, 0.6) is 0 Å². The quantitative estimate of drug-likeness (QED) is 0.660. The monoisotopic (exact) mass is 182 g/mol. The Hall–Kier alpha value is 0.0800. The predicted octanol–water partition coefficient (Wildman–Crippen LogP) is 1.67. The van der Waals surface area contributed by atoms with Gasteiger partial charge in [-0.3, -0.25) is 4.57 Å². The van der Waals surface area contributed by atoms with E-state index in [0.717, 1.165) is 0 Å². The Bertz CT molecular complexity index is 145. The molecule has 1 atom stereocenters. The van der Waals surface area contributed by atoms with Crippen molar-refractivity contribution < 1.29 is 18.4 Å². The van der Waals surface area contributed by atoms with Crippen molar-refractivity contribution in [2.45, 2.75) is 38.0 Å². The molecule has 0 heterocycles. The fourth-order valence-corrected chi connectivity index (χ4v) is 1.80. The summed E-state index contributed by atoms with van der Waals surface area (Å²) in [6.07, 6.45) is 1.12. The normalized spacial score (nSPS) is 35.1. The lowest BCUT2D eigenvalue weighted by atomic mass is 9.96. The van der Waals surface area contributed by atoms with Gasteiger partial charge in [0.05, 0.1) is 6.10 Å². The lowest BCUT2D eigenvalue weighted by molar-refractivity contribution is 0.109. The molecule has 0 saturated heterocycles. The number of halogens is 1. The van der Waals surface area contributed by atoms with Gasteiger partial charge in [-0.05, 0) is 25.7 Å². The molecule has 0 amide bonds. The van der Waals surface area contributed by atoms with Crippen LogP contribution in [0.15, 0.2) is 0 Å². The van der Waals surface area contributed by atoms with Crippen molar-refractivity contribution >= 4 is 8.25 Å². The summed E-state index contributed by atoms with van der Waals surface area (Å²) in [6.45, 7) is 0. The van der Waals surface area contributed by atoms with E-state index in [0.29, 0.717) is 25.7 Å². The van der Waals surface area contributed by atoms with Gasteiger partial charge in [-0.25, -0.2) is 4.39 Å². The summed E-state index contributed by atoms with van der Waals surface area (Å²) in [7, 11) is -2.82. The molecule has 1 rings (SSSR count). The van der Waals surface area contributed by atoms with E-state index in [1.165, 1.54) is 0 Å². The first kappa shape index (κ1) is 9.17. The van der Waals surface area contributed by atoms with Crippen LogP contribution >= 0.6 is 8.25 Å². The maximum absolute atomic E-state index is 12.5. The minimum atomic E-state index is -2.82. The summed E-state index contributed by atoms with van der Waals surface area (Å²) in [4.78, 5) is 8.40. The molecule has 1 unspecified atom stereocenters. The smallest absolute Gasteiger partial charge is 0.316 e. The molecule has 0 bridgehead atoms. The maximum Gasteiger partial charge on any atom is 0.316 e. The van der Waals surface area contributed by atoms with Gasteiger partial charge in [0, 0.05) is 0 Å². The number of hydrogen-bond acceptors (Lipinski definition) is 2. The molecule has 66 valence electrons. The van der Waals surface area contributed by atoms with Crippen LogP contribution in [0.3, 0.4) is 0 Å². The van der Waals surface area contributed by atoms with Crippen LogP contribution in [-0.2, 0) is 9.09 Å². The average molecular weight is 182 g/mol. The van der Waals surface area contributed by atoms with Crippen LogP contribution in [0.2, 0.25) is 0 Å². The lowest BCUT2D eigenvalue weighted by Gasteiger charge is -2.22. The zero-order valence-electron chi connectivity index (χ0n) is 6.12. The summed E-state index contributed by atoms with van der Waals surface area (Å²) < 4.78 is 27.4. The van der Waals surface area contributed by atoms with Gasteiger partial charge in [0.1, 0.15) is 6.17 Å². The molecule has 0 aromatic heterocycles. The van der Waals surface area contributed by atoms with Gasteiger partial charge >= 0.3 is 8.25 Å². The largest absolute Gasteiger partial charge is 0.326 e. The second kappa shape index (κ2) is 4.19. The molecular formula is C6H12FO3P. The van der Waals surface area contributed by atoms with Gasteiger partial charge in [-0.1, -0.05) is 0 Å². The highest BCUT2D eigenvalue weighted by molar-refractivity contribution is 7.32. The van der Waals surface area contributed by atoms with E-state index in [2.05, 4.69) is 4.52 Å². The zero-order valence-corrected chi connectivity index (χ0v) is 7.12. The van der Waals surface area contributed by atoms with E-state index in [1.807, 2.05) is 0 Å². The van der Waals surface area contributed by atoms with Crippen LogP contribution in [0.25, 0.3) is 0 Å². The minimum Gasteiger partial charge on any atom is -0.326 e. The molecule has 1 aliphatic carbocycles. The van der Waals surface area contributed by atoms with E-state index >= 15 is 0 Å². The fourth-order valence-electron chi connectivity index (χ4n) is 1.28. The third kappa shape index (κ3) is 3.32. The Balaban J connectivity index is 2.22. The van der Waals surface area contributed by atoms with Crippen molar-refractivity contribution in [3.8, 4) is 0 Å². The van der Waals surface area contributed by atoms with Crippen molar-refractivity contribution in [3.63, 3.8) is 0 Å². The standard InChI is InChI=1S/C6H12FO3P/c7-5-1-3-6(4-2-5)10-11(8)9/h5-6,11H,1-4H2,(H,8,9). The second-order valence-corrected chi connectivity index (χ2v) is 3.53. The molecule has 0 aromatic carbocycles. The molecule has 5 heteroatoms. The summed E-state index contributed by atoms with van der Waals surface area (Å²) in [5.74, 6) is 0. The molecule has 0 spiro atoms. The summed E-state index contributed by atoms with van der Waals surface area (Å²) in [5.41, 5.74) is 0. The summed E-state index contributed by atoms with van der Waals surface area (Å²) in [5, 5.41) is 0. The Morgan fingerprint density at radius 1 is 1.36 bits per heavy atom. The molecule has 0 aromatic rings. The van der Waals surface area contributed by atoms with Crippen molar-refractivity contribution in [2.75, 3.05) is 0 Å². The molecule has 11 heavy (non-hydrogen) atoms. The first-order valence-electron chi connectivity index (χ1n) is 3.72. The van der Waals surface area contributed by atoms with E-state index in [9.17, 15) is 8.96 Å². The van der Waals surface area contributed by atoms with Gasteiger partial charge in [0.25, 0.3) is 0 Å². The molecule has 1 fully saturated rings. The first-order chi connectivity index (χ1) is 5.18. The highest BCUT2D eigenvalue weighted by Gasteiger charge is 2.21. The molecule has 0 aliphatic heterocycles. The topological polar surface area (TPSA) is 46.5 Å². The summed E-state index contributed by atoms with van der Waals surface area (Å²) >= 11 is 0. The third-order valence-corrected chi connectivity index (χ3v) is 2.41. The van der Waals surface area contributed by atoms with Crippen molar-refractivity contribution in [3.05, 3.63) is 0 Å². The SMILES string of the molecule is O=[PH](O)OC1CCC(F)CC1. The van der Waals surface area contributed by atoms with Crippen LogP contribution in [0.1, 0.15) is 25.7 Å². The maximum atomic E-state index is 12.5. The van der Waals surface area contributed by atoms with Crippen LogP contribution in [0.4, 0.5) is 4.39 Å². The third-order valence-electron chi connectivity index (χ3n) is 1.87. The van der Waals surface area contributed by atoms with Gasteiger partial charge < -0.3 is 9.42 Å². The highest BCUT2D eigenvalue weighted by Crippen LogP contribution is 2.29. The highest BCUT2D eigenvalue weighted by atomic mass is 31.1. The minimum absolute atomic E-state index is 0.196. The molecule has 1 aliphatic rings. The zero-order chi connectivity index (χ0) is 8.27. The van der Waals surface area contributed by atoms with E-state index in [4.69, 9.17) is 4.89 Å². The van der Waals surface area contributed by atoms with Gasteiger partial charge in [0.15, 0.2) is 0 Å². The van der Waals surface area contributed by atoms with Crippen molar-refractivity contribution in [1.82, 2.24) is 0 Å². The predicted molar refractivity (Wildman–Crippen MR) is 39.5 cm³/mol. The van der Waals surface area contributed by atoms with Crippen LogP contribution < -0.4 is 0 Å². The van der Waals surface area contributed by atoms with Gasteiger partial charge in [-0.15, -0.1) is 0 Å². The van der Waals surface area contributed by atoms with Crippen molar-refractivity contribution in [1.29, 1.82) is 0 Å². The number of alkyl halides is 1. The average Bonchev–Trinajstić information content (AvgIpc) is 1.93. The van der Waals surface area contributed by atoms with Gasteiger partial charge in [-0.2, -0.15) is 0 Å². The summed E-state index contributed by atoms with van der Waals surface area (Å²) in [6, 6.07) is 0. The first-order valence-corrected chi connectivity index (χ1v) is 4.98. The molecule has 1 saturated carbocycles. The Labute approximate surface area is 65.5 Å². The Kier molecular flexibility index (Phi) is 3.49. The number of rotatable bonds is 2. The molecular weight excluding hydrogens is 170 g/mol.